The fourth-order valence-corrected chi connectivity index (χ4v) is 2.19. The van der Waals surface area contributed by atoms with Crippen LogP contribution in [0.5, 0.6) is 5.75 Å². The first kappa shape index (κ1) is 14.8. The van der Waals surface area contributed by atoms with Crippen LogP contribution in [-0.2, 0) is 9.53 Å². The van der Waals surface area contributed by atoms with Crippen LogP contribution in [0.1, 0.15) is 6.42 Å². The van der Waals surface area contributed by atoms with E-state index in [9.17, 15) is 4.79 Å². The molecule has 2 rings (SSSR count). The molecular weight excluding hydrogens is 256 g/mol. The normalized spacial score (nSPS) is 15.8. The summed E-state index contributed by atoms with van der Waals surface area (Å²) in [5.41, 5.74) is 0. The molecule has 1 saturated heterocycles. The molecule has 0 bridgehead atoms. The molecule has 1 heterocycles. The minimum atomic E-state index is -0.0640. The Morgan fingerprint density at radius 3 is 2.75 bits per heavy atom. The molecule has 0 spiro atoms. The number of ether oxygens (including phenoxy) is 2. The summed E-state index contributed by atoms with van der Waals surface area (Å²) in [6, 6.07) is 9.38. The summed E-state index contributed by atoms with van der Waals surface area (Å²) >= 11 is 0. The standard InChI is InChI=1S/C15H22N2O3/c18-15(13-20-14-5-2-1-3-6-14)16-7-4-8-17-9-11-19-12-10-17/h1-3,5-6H,4,7-13H2,(H,16,18)/p+1. The van der Waals surface area contributed by atoms with Crippen molar-refractivity contribution >= 4 is 5.91 Å². The third kappa shape index (κ3) is 5.59. The lowest BCUT2D eigenvalue weighted by Crippen LogP contribution is -3.14. The number of hydrogen-bond acceptors (Lipinski definition) is 3. The lowest BCUT2D eigenvalue weighted by Gasteiger charge is -2.23. The summed E-state index contributed by atoms with van der Waals surface area (Å²) in [4.78, 5) is 13.2. The molecular formula is C15H23N2O3+. The van der Waals surface area contributed by atoms with E-state index in [2.05, 4.69) is 5.32 Å². The second-order valence-electron chi connectivity index (χ2n) is 4.92. The first-order valence-corrected chi connectivity index (χ1v) is 7.20. The Labute approximate surface area is 119 Å². The second kappa shape index (κ2) is 8.55. The van der Waals surface area contributed by atoms with E-state index in [1.807, 2.05) is 30.3 Å². The topological polar surface area (TPSA) is 52.0 Å². The molecule has 0 atom stereocenters. The maximum absolute atomic E-state index is 11.6. The summed E-state index contributed by atoms with van der Waals surface area (Å²) in [6.45, 7) is 5.73. The molecule has 0 aromatic heterocycles. The van der Waals surface area contributed by atoms with Crippen molar-refractivity contribution in [1.29, 1.82) is 0 Å². The number of benzene rings is 1. The van der Waals surface area contributed by atoms with Crippen molar-refractivity contribution in [1.82, 2.24) is 5.32 Å². The zero-order chi connectivity index (χ0) is 14.0. The summed E-state index contributed by atoms with van der Waals surface area (Å²) in [5, 5.41) is 2.88. The van der Waals surface area contributed by atoms with Crippen LogP contribution in [0.3, 0.4) is 0 Å². The van der Waals surface area contributed by atoms with Crippen molar-refractivity contribution in [3.8, 4) is 5.75 Å². The predicted molar refractivity (Wildman–Crippen MR) is 75.9 cm³/mol. The van der Waals surface area contributed by atoms with Gasteiger partial charge in [0.2, 0.25) is 0 Å². The lowest BCUT2D eigenvalue weighted by molar-refractivity contribution is -0.908. The summed E-state index contributed by atoms with van der Waals surface area (Å²) in [6.07, 6.45) is 0.992. The largest absolute Gasteiger partial charge is 0.484 e. The maximum atomic E-state index is 11.6. The first-order valence-electron chi connectivity index (χ1n) is 7.20. The lowest BCUT2D eigenvalue weighted by atomic mass is 10.3. The van der Waals surface area contributed by atoms with Crippen LogP contribution in [-0.4, -0.2) is 51.9 Å². The van der Waals surface area contributed by atoms with Crippen LogP contribution in [0.2, 0.25) is 0 Å². The molecule has 1 aliphatic rings. The molecule has 0 saturated carbocycles. The van der Waals surface area contributed by atoms with Crippen LogP contribution < -0.4 is 15.0 Å². The number of morpholine rings is 1. The molecule has 1 fully saturated rings. The summed E-state index contributed by atoms with van der Waals surface area (Å²) < 4.78 is 10.7. The van der Waals surface area contributed by atoms with Gasteiger partial charge in [-0.25, -0.2) is 0 Å². The van der Waals surface area contributed by atoms with Crippen LogP contribution in [0.25, 0.3) is 0 Å². The van der Waals surface area contributed by atoms with Crippen molar-refractivity contribution in [2.45, 2.75) is 6.42 Å². The molecule has 1 aromatic carbocycles. The monoisotopic (exact) mass is 279 g/mol. The van der Waals surface area contributed by atoms with Crippen molar-refractivity contribution < 1.29 is 19.2 Å². The molecule has 0 aliphatic carbocycles. The van der Waals surface area contributed by atoms with Gasteiger partial charge in [0.25, 0.3) is 5.91 Å². The van der Waals surface area contributed by atoms with Gasteiger partial charge in [0, 0.05) is 13.0 Å². The molecule has 110 valence electrons. The minimum Gasteiger partial charge on any atom is -0.484 e. The third-order valence-electron chi connectivity index (χ3n) is 3.34. The third-order valence-corrected chi connectivity index (χ3v) is 3.34. The van der Waals surface area contributed by atoms with Gasteiger partial charge in [-0.2, -0.15) is 0 Å². The van der Waals surface area contributed by atoms with E-state index in [0.29, 0.717) is 6.54 Å². The highest BCUT2D eigenvalue weighted by Gasteiger charge is 2.12. The van der Waals surface area contributed by atoms with Gasteiger partial charge >= 0.3 is 0 Å². The van der Waals surface area contributed by atoms with E-state index in [4.69, 9.17) is 9.47 Å². The van der Waals surface area contributed by atoms with Gasteiger partial charge in [-0.05, 0) is 12.1 Å². The van der Waals surface area contributed by atoms with Crippen molar-refractivity contribution in [2.75, 3.05) is 46.0 Å². The summed E-state index contributed by atoms with van der Waals surface area (Å²) in [5.74, 6) is 0.659. The smallest absolute Gasteiger partial charge is 0.257 e. The number of carbonyl (C=O) groups excluding carboxylic acids is 1. The zero-order valence-corrected chi connectivity index (χ0v) is 11.8. The maximum Gasteiger partial charge on any atom is 0.257 e. The Morgan fingerprint density at radius 1 is 1.25 bits per heavy atom. The fraction of sp³-hybridized carbons (Fsp3) is 0.533. The Balaban J connectivity index is 1.51. The van der Waals surface area contributed by atoms with Crippen LogP contribution >= 0.6 is 0 Å². The number of amides is 1. The Morgan fingerprint density at radius 2 is 2.00 bits per heavy atom. The Hall–Kier alpha value is -1.59. The molecule has 1 aromatic rings. The quantitative estimate of drug-likeness (QED) is 0.661. The van der Waals surface area contributed by atoms with Crippen molar-refractivity contribution in [3.05, 3.63) is 30.3 Å². The van der Waals surface area contributed by atoms with E-state index in [1.54, 1.807) is 4.90 Å². The SMILES string of the molecule is O=C(COc1ccccc1)NCCC[NH+]1CCOCC1. The molecule has 5 nitrogen and oxygen atoms in total. The van der Waals surface area contributed by atoms with E-state index in [1.165, 1.54) is 0 Å². The van der Waals surface area contributed by atoms with Crippen LogP contribution in [0, 0.1) is 0 Å². The molecule has 1 aliphatic heterocycles. The highest BCUT2D eigenvalue weighted by molar-refractivity contribution is 5.77. The number of hydrogen-bond donors (Lipinski definition) is 2. The van der Waals surface area contributed by atoms with Gasteiger partial charge in [-0.3, -0.25) is 4.79 Å². The molecule has 0 radical (unpaired) electrons. The summed E-state index contributed by atoms with van der Waals surface area (Å²) in [7, 11) is 0. The highest BCUT2D eigenvalue weighted by atomic mass is 16.5. The van der Waals surface area contributed by atoms with E-state index >= 15 is 0 Å². The van der Waals surface area contributed by atoms with E-state index < -0.39 is 0 Å². The number of rotatable bonds is 7. The highest BCUT2D eigenvalue weighted by Crippen LogP contribution is 2.07. The fourth-order valence-electron chi connectivity index (χ4n) is 2.19. The van der Waals surface area contributed by atoms with Crippen LogP contribution in [0.15, 0.2) is 30.3 Å². The van der Waals surface area contributed by atoms with Gasteiger partial charge in [0.05, 0.1) is 19.8 Å². The van der Waals surface area contributed by atoms with Gasteiger partial charge in [0.15, 0.2) is 6.61 Å². The van der Waals surface area contributed by atoms with Crippen molar-refractivity contribution in [3.63, 3.8) is 0 Å². The number of nitrogens with one attached hydrogen (secondary N) is 2. The van der Waals surface area contributed by atoms with Crippen molar-refractivity contribution in [2.24, 2.45) is 0 Å². The number of carbonyl (C=O) groups is 1. The van der Waals surface area contributed by atoms with Gasteiger partial charge in [-0.1, -0.05) is 18.2 Å². The molecule has 2 N–H and O–H groups in total. The Kier molecular flexibility index (Phi) is 6.34. The number of para-hydroxylation sites is 1. The molecule has 1 amide bonds. The molecule has 5 heteroatoms. The van der Waals surface area contributed by atoms with Gasteiger partial charge < -0.3 is 19.7 Å². The Bertz CT molecular complexity index is 391. The average Bonchev–Trinajstić information content (AvgIpc) is 2.52. The van der Waals surface area contributed by atoms with E-state index in [0.717, 1.165) is 45.0 Å². The first-order chi connectivity index (χ1) is 9.84. The molecule has 20 heavy (non-hydrogen) atoms. The predicted octanol–water partition coefficient (Wildman–Crippen LogP) is -0.513. The molecule has 0 unspecified atom stereocenters. The number of quaternary nitrogens is 1. The van der Waals surface area contributed by atoms with Crippen LogP contribution in [0.4, 0.5) is 0 Å². The van der Waals surface area contributed by atoms with Gasteiger partial charge in [0.1, 0.15) is 18.8 Å². The van der Waals surface area contributed by atoms with E-state index in [-0.39, 0.29) is 12.5 Å². The second-order valence-corrected chi connectivity index (χ2v) is 4.92. The minimum absolute atomic E-state index is 0.0640. The van der Waals surface area contributed by atoms with Gasteiger partial charge in [-0.15, -0.1) is 0 Å². The average molecular weight is 279 g/mol. The zero-order valence-electron chi connectivity index (χ0n) is 11.8.